The fraction of sp³-hybridized carbons (Fsp3) is 0.579. The van der Waals surface area contributed by atoms with Crippen LogP contribution in [0.3, 0.4) is 0 Å². The Morgan fingerprint density at radius 2 is 1.92 bits per heavy atom. The number of urea groups is 1. The molecule has 0 radical (unpaired) electrons. The summed E-state index contributed by atoms with van der Waals surface area (Å²) in [5.41, 5.74) is 1.14. The van der Waals surface area contributed by atoms with Crippen molar-refractivity contribution in [3.63, 3.8) is 0 Å². The van der Waals surface area contributed by atoms with Gasteiger partial charge in [-0.1, -0.05) is 31.9 Å². The first-order chi connectivity index (χ1) is 11.8. The lowest BCUT2D eigenvalue weighted by molar-refractivity contribution is 0.0697. The molecule has 1 saturated carbocycles. The first-order valence-corrected chi connectivity index (χ1v) is 8.84. The maximum Gasteiger partial charge on any atom is 0.335 e. The molecule has 0 aromatic heterocycles. The van der Waals surface area contributed by atoms with Gasteiger partial charge in [-0.2, -0.15) is 0 Å². The highest BCUT2D eigenvalue weighted by molar-refractivity contribution is 5.87. The molecule has 1 aromatic carbocycles. The molecule has 1 fully saturated rings. The lowest BCUT2D eigenvalue weighted by Gasteiger charge is -2.45. The van der Waals surface area contributed by atoms with Gasteiger partial charge >= 0.3 is 12.0 Å². The normalized spacial score (nSPS) is 23.3. The zero-order chi connectivity index (χ0) is 18.4. The molecule has 1 aliphatic carbocycles. The number of rotatable bonds is 6. The lowest BCUT2D eigenvalue weighted by atomic mass is 9.75. The Kier molecular flexibility index (Phi) is 6.42. The summed E-state index contributed by atoms with van der Waals surface area (Å²) in [6.07, 6.45) is 4.64. The Labute approximate surface area is 149 Å². The van der Waals surface area contributed by atoms with Crippen LogP contribution in [0, 0.1) is 5.92 Å². The average molecular weight is 347 g/mol. The summed E-state index contributed by atoms with van der Waals surface area (Å²) in [5, 5.41) is 14.7. The van der Waals surface area contributed by atoms with E-state index in [0.717, 1.165) is 18.4 Å². The monoisotopic (exact) mass is 347 g/mol. The third kappa shape index (κ3) is 5.19. The molecule has 1 aromatic rings. The van der Waals surface area contributed by atoms with E-state index in [2.05, 4.69) is 36.6 Å². The van der Waals surface area contributed by atoms with Crippen LogP contribution in [0.15, 0.2) is 24.3 Å². The van der Waals surface area contributed by atoms with E-state index >= 15 is 0 Å². The Morgan fingerprint density at radius 1 is 1.24 bits per heavy atom. The second kappa shape index (κ2) is 8.34. The number of carboxylic acid groups (broad SMARTS) is 1. The number of hydrogen-bond acceptors (Lipinski definition) is 3. The maximum absolute atomic E-state index is 12.1. The van der Waals surface area contributed by atoms with Crippen LogP contribution in [-0.2, 0) is 6.54 Å². The molecule has 2 unspecified atom stereocenters. The summed E-state index contributed by atoms with van der Waals surface area (Å²) in [6.45, 7) is 3.28. The number of carbonyl (C=O) groups excluding carboxylic acids is 1. The number of aromatic carboxylic acids is 1. The van der Waals surface area contributed by atoms with E-state index in [4.69, 9.17) is 5.11 Å². The fourth-order valence-electron chi connectivity index (χ4n) is 3.61. The summed E-state index contributed by atoms with van der Waals surface area (Å²) in [7, 11) is 4.17. The van der Waals surface area contributed by atoms with Gasteiger partial charge in [0, 0.05) is 18.6 Å². The largest absolute Gasteiger partial charge is 0.478 e. The summed E-state index contributed by atoms with van der Waals surface area (Å²) in [4.78, 5) is 25.2. The van der Waals surface area contributed by atoms with Crippen molar-refractivity contribution < 1.29 is 14.7 Å². The fourth-order valence-corrected chi connectivity index (χ4v) is 3.61. The number of nitrogens with zero attached hydrogens (tertiary/aromatic N) is 1. The minimum atomic E-state index is -0.951. The van der Waals surface area contributed by atoms with Gasteiger partial charge in [-0.3, -0.25) is 0 Å². The molecule has 0 heterocycles. The standard InChI is InChI=1S/C19H29N3O3/c1-14-5-4-10-19(11-14,22(2)3)13-21-18(25)20-12-15-6-8-16(9-7-15)17(23)24/h6-9,14H,4-5,10-13H2,1-3H3,(H,23,24)(H2,20,21,25). The highest BCUT2D eigenvalue weighted by Crippen LogP contribution is 2.35. The first kappa shape index (κ1) is 19.2. The molecule has 2 amide bonds. The summed E-state index contributed by atoms with van der Waals surface area (Å²) < 4.78 is 0. The molecule has 1 aliphatic rings. The zero-order valence-corrected chi connectivity index (χ0v) is 15.3. The SMILES string of the molecule is CC1CCCC(CNC(=O)NCc2ccc(C(=O)O)cc2)(N(C)C)C1. The van der Waals surface area contributed by atoms with Crippen molar-refractivity contribution in [2.45, 2.75) is 44.7 Å². The highest BCUT2D eigenvalue weighted by Gasteiger charge is 2.37. The van der Waals surface area contributed by atoms with Gasteiger partial charge in [0.2, 0.25) is 0 Å². The topological polar surface area (TPSA) is 81.7 Å². The van der Waals surface area contributed by atoms with Crippen LogP contribution in [0.4, 0.5) is 4.79 Å². The van der Waals surface area contributed by atoms with Gasteiger partial charge in [0.25, 0.3) is 0 Å². The summed E-state index contributed by atoms with van der Waals surface area (Å²) in [6, 6.07) is 6.33. The van der Waals surface area contributed by atoms with Crippen LogP contribution in [0.2, 0.25) is 0 Å². The Bertz CT molecular complexity index is 600. The van der Waals surface area contributed by atoms with Crippen LogP contribution < -0.4 is 10.6 Å². The Hall–Kier alpha value is -2.08. The second-order valence-electron chi connectivity index (χ2n) is 7.36. The van der Waals surface area contributed by atoms with Crippen molar-refractivity contribution >= 4 is 12.0 Å². The van der Waals surface area contributed by atoms with Crippen molar-refractivity contribution in [1.29, 1.82) is 0 Å². The quantitative estimate of drug-likeness (QED) is 0.739. The number of amides is 2. The summed E-state index contributed by atoms with van der Waals surface area (Å²) >= 11 is 0. The molecule has 0 saturated heterocycles. The molecule has 138 valence electrons. The minimum absolute atomic E-state index is 0.0259. The molecular weight excluding hydrogens is 318 g/mol. The van der Waals surface area contributed by atoms with Crippen LogP contribution in [-0.4, -0.2) is 48.2 Å². The van der Waals surface area contributed by atoms with Crippen LogP contribution in [0.5, 0.6) is 0 Å². The molecule has 0 aliphatic heterocycles. The number of hydrogen-bond donors (Lipinski definition) is 3. The van der Waals surface area contributed by atoms with Gasteiger partial charge in [0.15, 0.2) is 0 Å². The van der Waals surface area contributed by atoms with Gasteiger partial charge in [0.05, 0.1) is 5.56 Å². The van der Waals surface area contributed by atoms with E-state index in [1.54, 1.807) is 24.3 Å². The second-order valence-corrected chi connectivity index (χ2v) is 7.36. The number of carboxylic acids is 1. The van der Waals surface area contributed by atoms with Crippen molar-refractivity contribution in [2.75, 3.05) is 20.6 Å². The molecule has 3 N–H and O–H groups in total. The van der Waals surface area contributed by atoms with Crippen molar-refractivity contribution in [3.05, 3.63) is 35.4 Å². The molecule has 2 atom stereocenters. The van der Waals surface area contributed by atoms with Crippen LogP contribution in [0.25, 0.3) is 0 Å². The van der Waals surface area contributed by atoms with E-state index in [1.807, 2.05) is 0 Å². The molecule has 25 heavy (non-hydrogen) atoms. The first-order valence-electron chi connectivity index (χ1n) is 8.84. The van der Waals surface area contributed by atoms with Crippen molar-refractivity contribution in [1.82, 2.24) is 15.5 Å². The van der Waals surface area contributed by atoms with Crippen LogP contribution >= 0.6 is 0 Å². The van der Waals surface area contributed by atoms with E-state index in [9.17, 15) is 9.59 Å². The summed E-state index contributed by atoms with van der Waals surface area (Å²) in [5.74, 6) is -0.276. The molecular formula is C19H29N3O3. The van der Waals surface area contributed by atoms with E-state index < -0.39 is 5.97 Å². The molecule has 0 spiro atoms. The smallest absolute Gasteiger partial charge is 0.335 e. The van der Waals surface area contributed by atoms with Gasteiger partial charge in [0.1, 0.15) is 0 Å². The number of nitrogens with one attached hydrogen (secondary N) is 2. The number of benzene rings is 1. The predicted octanol–water partition coefficient (Wildman–Crippen LogP) is 2.69. The molecule has 6 nitrogen and oxygen atoms in total. The molecule has 2 rings (SSSR count). The average Bonchev–Trinajstić information content (AvgIpc) is 2.58. The van der Waals surface area contributed by atoms with E-state index in [1.165, 1.54) is 12.8 Å². The van der Waals surface area contributed by atoms with Crippen LogP contribution in [0.1, 0.15) is 48.5 Å². The third-order valence-corrected chi connectivity index (χ3v) is 5.25. The maximum atomic E-state index is 12.1. The highest BCUT2D eigenvalue weighted by atomic mass is 16.4. The van der Waals surface area contributed by atoms with Crippen molar-refractivity contribution in [3.8, 4) is 0 Å². The van der Waals surface area contributed by atoms with Crippen molar-refractivity contribution in [2.24, 2.45) is 5.92 Å². The zero-order valence-electron chi connectivity index (χ0n) is 15.3. The van der Waals surface area contributed by atoms with Gasteiger partial charge in [-0.05, 0) is 50.6 Å². The number of likely N-dealkylation sites (N-methyl/N-ethyl adjacent to an activating group) is 1. The predicted molar refractivity (Wildman–Crippen MR) is 97.7 cm³/mol. The van der Waals surface area contributed by atoms with E-state index in [0.29, 0.717) is 19.0 Å². The molecule has 0 bridgehead atoms. The van der Waals surface area contributed by atoms with Gasteiger partial charge < -0.3 is 20.6 Å². The molecule has 6 heteroatoms. The van der Waals surface area contributed by atoms with E-state index in [-0.39, 0.29) is 17.1 Å². The Balaban J connectivity index is 1.84. The third-order valence-electron chi connectivity index (χ3n) is 5.25. The Morgan fingerprint density at radius 3 is 2.48 bits per heavy atom. The number of carbonyl (C=O) groups is 2. The lowest BCUT2D eigenvalue weighted by Crippen LogP contribution is -2.56. The van der Waals surface area contributed by atoms with Gasteiger partial charge in [-0.25, -0.2) is 9.59 Å². The minimum Gasteiger partial charge on any atom is -0.478 e. The van der Waals surface area contributed by atoms with Gasteiger partial charge in [-0.15, -0.1) is 0 Å².